The van der Waals surface area contributed by atoms with Crippen LogP contribution >= 0.6 is 0 Å². The van der Waals surface area contributed by atoms with Crippen LogP contribution in [0.4, 0.5) is 19.3 Å². The fourth-order valence-corrected chi connectivity index (χ4v) is 2.64. The lowest BCUT2D eigenvalue weighted by Gasteiger charge is -2.18. The van der Waals surface area contributed by atoms with Crippen molar-refractivity contribution in [3.05, 3.63) is 65.2 Å². The van der Waals surface area contributed by atoms with Crippen LogP contribution in [0.15, 0.2) is 42.5 Å². The van der Waals surface area contributed by atoms with E-state index in [0.29, 0.717) is 6.42 Å². The molecule has 0 unspecified atom stereocenters. The zero-order valence-corrected chi connectivity index (χ0v) is 11.5. The van der Waals surface area contributed by atoms with Crippen LogP contribution in [0, 0.1) is 11.6 Å². The number of hydrogen-bond acceptors (Lipinski definition) is 2. The van der Waals surface area contributed by atoms with Crippen LogP contribution < -0.4 is 10.6 Å². The summed E-state index contributed by atoms with van der Waals surface area (Å²) in [6, 6.07) is 8.89. The summed E-state index contributed by atoms with van der Waals surface area (Å²) in [7, 11) is 0. The lowest BCUT2D eigenvalue weighted by molar-refractivity contribution is 0.144. The van der Waals surface area contributed by atoms with Crippen molar-refractivity contribution in [3.8, 4) is 0 Å². The first-order valence-electron chi connectivity index (χ1n) is 6.83. The van der Waals surface area contributed by atoms with Gasteiger partial charge in [0.25, 0.3) is 0 Å². The van der Waals surface area contributed by atoms with Crippen molar-refractivity contribution in [1.82, 2.24) is 5.32 Å². The zero-order chi connectivity index (χ0) is 15.7. The van der Waals surface area contributed by atoms with Gasteiger partial charge in [-0.2, -0.15) is 0 Å². The summed E-state index contributed by atoms with van der Waals surface area (Å²) in [6.07, 6.45) is -0.310. The van der Waals surface area contributed by atoms with Gasteiger partial charge >= 0.3 is 6.03 Å². The van der Waals surface area contributed by atoms with E-state index in [1.165, 1.54) is 0 Å². The molecule has 1 aliphatic rings. The van der Waals surface area contributed by atoms with Gasteiger partial charge in [0.1, 0.15) is 11.6 Å². The zero-order valence-electron chi connectivity index (χ0n) is 11.5. The highest BCUT2D eigenvalue weighted by atomic mass is 19.1. The second kappa shape index (κ2) is 5.73. The second-order valence-corrected chi connectivity index (χ2v) is 5.17. The Morgan fingerprint density at radius 1 is 1.18 bits per heavy atom. The third kappa shape index (κ3) is 2.78. The maximum Gasteiger partial charge on any atom is 0.319 e. The molecule has 0 radical (unpaired) electrons. The van der Waals surface area contributed by atoms with Crippen molar-refractivity contribution in [2.24, 2.45) is 0 Å². The molecule has 1 aliphatic carbocycles. The molecule has 6 heteroatoms. The molecule has 4 nitrogen and oxygen atoms in total. The van der Waals surface area contributed by atoms with Crippen LogP contribution in [0.3, 0.4) is 0 Å². The Kier molecular flexibility index (Phi) is 3.77. The Balaban J connectivity index is 1.73. The maximum absolute atomic E-state index is 13.5. The maximum atomic E-state index is 13.5. The van der Waals surface area contributed by atoms with Crippen LogP contribution in [0.2, 0.25) is 0 Å². The molecule has 0 fully saturated rings. The van der Waals surface area contributed by atoms with Crippen LogP contribution in [0.5, 0.6) is 0 Å². The quantitative estimate of drug-likeness (QED) is 0.799. The number of benzene rings is 2. The molecule has 2 aromatic rings. The van der Waals surface area contributed by atoms with E-state index in [9.17, 15) is 18.7 Å². The summed E-state index contributed by atoms with van der Waals surface area (Å²) in [5.41, 5.74) is 1.53. The molecule has 3 N–H and O–H groups in total. The fourth-order valence-electron chi connectivity index (χ4n) is 2.64. The molecule has 114 valence electrons. The van der Waals surface area contributed by atoms with Crippen molar-refractivity contribution in [1.29, 1.82) is 0 Å². The van der Waals surface area contributed by atoms with Gasteiger partial charge in [-0.1, -0.05) is 24.3 Å². The van der Waals surface area contributed by atoms with Gasteiger partial charge in [-0.05, 0) is 23.3 Å². The number of hydrogen-bond donors (Lipinski definition) is 3. The Bertz CT molecular complexity index is 721. The second-order valence-electron chi connectivity index (χ2n) is 5.17. The lowest BCUT2D eigenvalue weighted by atomic mass is 10.1. The Labute approximate surface area is 125 Å². The molecule has 0 heterocycles. The van der Waals surface area contributed by atoms with Gasteiger partial charge in [-0.3, -0.25) is 0 Å². The van der Waals surface area contributed by atoms with E-state index in [1.54, 1.807) is 0 Å². The third-order valence-corrected chi connectivity index (χ3v) is 3.67. The number of aliphatic hydroxyl groups is 1. The van der Waals surface area contributed by atoms with Crippen molar-refractivity contribution < 1.29 is 18.7 Å². The van der Waals surface area contributed by atoms with Crippen LogP contribution in [-0.4, -0.2) is 17.2 Å². The highest BCUT2D eigenvalue weighted by Crippen LogP contribution is 2.31. The van der Waals surface area contributed by atoms with E-state index in [1.807, 2.05) is 24.3 Å². The number of rotatable bonds is 2. The van der Waals surface area contributed by atoms with E-state index < -0.39 is 29.8 Å². The van der Waals surface area contributed by atoms with E-state index >= 15 is 0 Å². The smallest absolute Gasteiger partial charge is 0.319 e. The molecule has 3 rings (SSSR count). The molecule has 2 amide bonds. The molecule has 0 aliphatic heterocycles. The lowest BCUT2D eigenvalue weighted by Crippen LogP contribution is -2.37. The molecular formula is C16H14F2N2O2. The number of carbonyl (C=O) groups excluding carboxylic acids is 1. The fraction of sp³-hybridized carbons (Fsp3) is 0.188. The summed E-state index contributed by atoms with van der Waals surface area (Å²) in [5.74, 6) is -1.38. The van der Waals surface area contributed by atoms with Gasteiger partial charge in [0.15, 0.2) is 0 Å². The molecule has 2 aromatic carbocycles. The predicted octanol–water partition coefficient (Wildman–Crippen LogP) is 2.74. The standard InChI is InChI=1S/C16H14F2N2O2/c17-10-5-6-12(18)13(8-10)19-16(22)20-15-11-4-2-1-3-9(11)7-14(15)21/h1-6,8,14-15,21H,7H2,(H2,19,20,22)/t14-,15+/m1/s1. The summed E-state index contributed by atoms with van der Waals surface area (Å²) < 4.78 is 26.6. The first kappa shape index (κ1) is 14.5. The molecule has 0 aromatic heterocycles. The summed E-state index contributed by atoms with van der Waals surface area (Å²) in [6.45, 7) is 0. The van der Waals surface area contributed by atoms with Crippen LogP contribution in [0.1, 0.15) is 17.2 Å². The minimum absolute atomic E-state index is 0.252. The summed E-state index contributed by atoms with van der Waals surface area (Å²) in [5, 5.41) is 14.9. The largest absolute Gasteiger partial charge is 0.390 e. The summed E-state index contributed by atoms with van der Waals surface area (Å²) >= 11 is 0. The molecule has 2 atom stereocenters. The molecule has 0 saturated heterocycles. The Morgan fingerprint density at radius 3 is 2.77 bits per heavy atom. The van der Waals surface area contributed by atoms with Crippen molar-refractivity contribution in [3.63, 3.8) is 0 Å². The van der Waals surface area contributed by atoms with Crippen molar-refractivity contribution >= 4 is 11.7 Å². The SMILES string of the molecule is O=C(Nc1cc(F)ccc1F)N[C@H]1c2ccccc2C[C@H]1O. The molecular weight excluding hydrogens is 290 g/mol. The average Bonchev–Trinajstić information content (AvgIpc) is 2.79. The minimum Gasteiger partial charge on any atom is -0.390 e. The number of halogens is 2. The van der Waals surface area contributed by atoms with Gasteiger partial charge in [0.05, 0.1) is 17.8 Å². The van der Waals surface area contributed by atoms with Gasteiger partial charge in [0, 0.05) is 12.5 Å². The van der Waals surface area contributed by atoms with Gasteiger partial charge < -0.3 is 15.7 Å². The van der Waals surface area contributed by atoms with Gasteiger partial charge in [-0.25, -0.2) is 13.6 Å². The van der Waals surface area contributed by atoms with Gasteiger partial charge in [0.2, 0.25) is 0 Å². The Hall–Kier alpha value is -2.47. The number of amides is 2. The first-order valence-corrected chi connectivity index (χ1v) is 6.83. The number of carbonyl (C=O) groups is 1. The van der Waals surface area contributed by atoms with Crippen molar-refractivity contribution in [2.45, 2.75) is 18.6 Å². The predicted molar refractivity (Wildman–Crippen MR) is 77.4 cm³/mol. The number of nitrogens with one attached hydrogen (secondary N) is 2. The number of anilines is 1. The highest BCUT2D eigenvalue weighted by Gasteiger charge is 2.31. The number of fused-ring (bicyclic) bond motifs is 1. The highest BCUT2D eigenvalue weighted by molar-refractivity contribution is 5.89. The third-order valence-electron chi connectivity index (χ3n) is 3.67. The van der Waals surface area contributed by atoms with Crippen LogP contribution in [-0.2, 0) is 6.42 Å². The van der Waals surface area contributed by atoms with E-state index in [0.717, 1.165) is 29.3 Å². The Morgan fingerprint density at radius 2 is 1.95 bits per heavy atom. The molecule has 0 spiro atoms. The first-order chi connectivity index (χ1) is 10.5. The van der Waals surface area contributed by atoms with Gasteiger partial charge in [-0.15, -0.1) is 0 Å². The molecule has 0 saturated carbocycles. The van der Waals surface area contributed by atoms with E-state index in [2.05, 4.69) is 10.6 Å². The molecule has 0 bridgehead atoms. The van der Waals surface area contributed by atoms with Crippen LogP contribution in [0.25, 0.3) is 0 Å². The minimum atomic E-state index is -0.750. The number of aliphatic hydroxyl groups excluding tert-OH is 1. The van der Waals surface area contributed by atoms with Crippen molar-refractivity contribution in [2.75, 3.05) is 5.32 Å². The van der Waals surface area contributed by atoms with E-state index in [-0.39, 0.29) is 5.69 Å². The topological polar surface area (TPSA) is 61.4 Å². The average molecular weight is 304 g/mol. The number of urea groups is 1. The van der Waals surface area contributed by atoms with E-state index in [4.69, 9.17) is 0 Å². The normalized spacial score (nSPS) is 19.6. The monoisotopic (exact) mass is 304 g/mol. The molecule has 22 heavy (non-hydrogen) atoms. The summed E-state index contributed by atoms with van der Waals surface area (Å²) in [4.78, 5) is 12.0.